The van der Waals surface area contributed by atoms with Crippen molar-refractivity contribution in [3.05, 3.63) is 12.7 Å². The molecule has 1 N–H and O–H groups in total. The summed E-state index contributed by atoms with van der Waals surface area (Å²) in [5, 5.41) is 3.28. The molecule has 1 fully saturated rings. The van der Waals surface area contributed by atoms with Crippen molar-refractivity contribution in [2.75, 3.05) is 13.7 Å². The Morgan fingerprint density at radius 2 is 1.94 bits per heavy atom. The lowest BCUT2D eigenvalue weighted by Gasteiger charge is -2.41. The molecule has 0 bridgehead atoms. The number of ether oxygens (including phenoxy) is 1. The highest BCUT2D eigenvalue weighted by Gasteiger charge is 2.44. The molecule has 0 aliphatic heterocycles. The lowest BCUT2D eigenvalue weighted by molar-refractivity contribution is -0.151. The maximum Gasteiger partial charge on any atom is 0.326 e. The van der Waals surface area contributed by atoms with Crippen molar-refractivity contribution >= 4 is 5.97 Å². The maximum absolute atomic E-state index is 11.9. The van der Waals surface area contributed by atoms with Gasteiger partial charge < -0.3 is 4.74 Å². The van der Waals surface area contributed by atoms with E-state index >= 15 is 0 Å². The molecule has 3 nitrogen and oxygen atoms in total. The Balaban J connectivity index is 2.74. The molecule has 3 heteroatoms. The molecule has 0 spiro atoms. The molecule has 0 saturated heterocycles. The van der Waals surface area contributed by atoms with Gasteiger partial charge in [0, 0.05) is 6.54 Å². The van der Waals surface area contributed by atoms with E-state index in [-0.39, 0.29) is 5.97 Å². The van der Waals surface area contributed by atoms with E-state index < -0.39 is 5.54 Å². The first-order valence-corrected chi connectivity index (χ1v) is 5.90. The molecule has 0 amide bonds. The molecule has 1 aliphatic carbocycles. The van der Waals surface area contributed by atoms with Crippen molar-refractivity contribution in [3.63, 3.8) is 0 Å². The largest absolute Gasteiger partial charge is 0.468 e. The van der Waals surface area contributed by atoms with Crippen LogP contribution in [0, 0.1) is 5.41 Å². The van der Waals surface area contributed by atoms with Gasteiger partial charge in [-0.15, -0.1) is 6.58 Å². The molecule has 0 heterocycles. The molecular formula is C13H23NO2. The average Bonchev–Trinajstić information content (AvgIpc) is 2.27. The van der Waals surface area contributed by atoms with Crippen molar-refractivity contribution in [1.82, 2.24) is 5.32 Å². The number of rotatable bonds is 4. The quantitative estimate of drug-likeness (QED) is 0.589. The first-order valence-electron chi connectivity index (χ1n) is 5.90. The van der Waals surface area contributed by atoms with E-state index in [2.05, 4.69) is 25.7 Å². The molecule has 0 unspecified atom stereocenters. The van der Waals surface area contributed by atoms with Gasteiger partial charge in [0.15, 0.2) is 0 Å². The van der Waals surface area contributed by atoms with E-state index in [1.54, 1.807) is 6.08 Å². The summed E-state index contributed by atoms with van der Waals surface area (Å²) in [5.41, 5.74) is -0.147. The third-order valence-corrected chi connectivity index (χ3v) is 3.62. The van der Waals surface area contributed by atoms with Crippen LogP contribution in [0.5, 0.6) is 0 Å². The first-order chi connectivity index (χ1) is 7.46. The SMILES string of the molecule is C=CCNC1(C(=O)OC)CCC(C)(C)CC1. The Morgan fingerprint density at radius 1 is 1.38 bits per heavy atom. The van der Waals surface area contributed by atoms with Crippen LogP contribution in [-0.2, 0) is 9.53 Å². The van der Waals surface area contributed by atoms with E-state index in [1.807, 2.05) is 0 Å². The van der Waals surface area contributed by atoms with Crippen LogP contribution in [0.3, 0.4) is 0 Å². The molecule has 16 heavy (non-hydrogen) atoms. The van der Waals surface area contributed by atoms with Crippen LogP contribution in [-0.4, -0.2) is 25.2 Å². The molecule has 1 saturated carbocycles. The Bertz CT molecular complexity index is 261. The summed E-state index contributed by atoms with van der Waals surface area (Å²) in [5.74, 6) is -0.134. The van der Waals surface area contributed by atoms with Gasteiger partial charge in [0.25, 0.3) is 0 Å². The van der Waals surface area contributed by atoms with Crippen LogP contribution >= 0.6 is 0 Å². The Kier molecular flexibility index (Phi) is 4.14. The van der Waals surface area contributed by atoms with Gasteiger partial charge in [-0.1, -0.05) is 19.9 Å². The summed E-state index contributed by atoms with van der Waals surface area (Å²) in [7, 11) is 1.46. The van der Waals surface area contributed by atoms with Gasteiger partial charge in [0.05, 0.1) is 7.11 Å². The molecular weight excluding hydrogens is 202 g/mol. The third kappa shape index (κ3) is 2.85. The fraction of sp³-hybridized carbons (Fsp3) is 0.769. The standard InChI is InChI=1S/C13H23NO2/c1-5-10-14-13(11(15)16-4)8-6-12(2,3)7-9-13/h5,14H,1,6-10H2,2-4H3. The highest BCUT2D eigenvalue weighted by Crippen LogP contribution is 2.40. The van der Waals surface area contributed by atoms with E-state index in [1.165, 1.54) is 7.11 Å². The van der Waals surface area contributed by atoms with Crippen molar-refractivity contribution in [2.24, 2.45) is 5.41 Å². The number of carbonyl (C=O) groups excluding carboxylic acids is 1. The predicted octanol–water partition coefficient (Wildman–Crippen LogP) is 2.27. The molecule has 0 radical (unpaired) electrons. The summed E-state index contributed by atoms with van der Waals surface area (Å²) in [6, 6.07) is 0. The number of carbonyl (C=O) groups is 1. The van der Waals surface area contributed by atoms with Crippen LogP contribution in [0.2, 0.25) is 0 Å². The van der Waals surface area contributed by atoms with Gasteiger partial charge in [0.2, 0.25) is 0 Å². The van der Waals surface area contributed by atoms with E-state index in [4.69, 9.17) is 4.74 Å². The number of methoxy groups -OCH3 is 1. The van der Waals surface area contributed by atoms with Gasteiger partial charge in [-0.25, -0.2) is 0 Å². The molecule has 0 aromatic heterocycles. The number of nitrogens with one attached hydrogen (secondary N) is 1. The average molecular weight is 225 g/mol. The lowest BCUT2D eigenvalue weighted by Crippen LogP contribution is -2.55. The van der Waals surface area contributed by atoms with Crippen molar-refractivity contribution in [3.8, 4) is 0 Å². The number of hydrogen-bond donors (Lipinski definition) is 1. The monoisotopic (exact) mass is 225 g/mol. The fourth-order valence-corrected chi connectivity index (χ4v) is 2.27. The smallest absolute Gasteiger partial charge is 0.326 e. The summed E-state index contributed by atoms with van der Waals surface area (Å²) in [4.78, 5) is 11.9. The molecule has 0 aromatic carbocycles. The van der Waals surface area contributed by atoms with Crippen LogP contribution in [0.4, 0.5) is 0 Å². The number of esters is 1. The topological polar surface area (TPSA) is 38.3 Å². The Hall–Kier alpha value is -0.830. The van der Waals surface area contributed by atoms with E-state index in [0.717, 1.165) is 25.7 Å². The van der Waals surface area contributed by atoms with E-state index in [0.29, 0.717) is 12.0 Å². The minimum Gasteiger partial charge on any atom is -0.468 e. The summed E-state index contributed by atoms with van der Waals surface area (Å²) in [6.45, 7) is 8.83. The zero-order valence-electron chi connectivity index (χ0n) is 10.6. The van der Waals surface area contributed by atoms with Gasteiger partial charge >= 0.3 is 5.97 Å². The zero-order valence-corrected chi connectivity index (χ0v) is 10.6. The summed E-state index contributed by atoms with van der Waals surface area (Å²) >= 11 is 0. The fourth-order valence-electron chi connectivity index (χ4n) is 2.27. The van der Waals surface area contributed by atoms with Crippen LogP contribution < -0.4 is 5.32 Å². The maximum atomic E-state index is 11.9. The minimum atomic E-state index is -0.488. The van der Waals surface area contributed by atoms with Crippen LogP contribution in [0.1, 0.15) is 39.5 Å². The van der Waals surface area contributed by atoms with Gasteiger partial charge in [-0.3, -0.25) is 10.1 Å². The Labute approximate surface area is 98.2 Å². The van der Waals surface area contributed by atoms with Gasteiger partial charge in [-0.05, 0) is 31.1 Å². The third-order valence-electron chi connectivity index (χ3n) is 3.62. The second kappa shape index (κ2) is 5.00. The molecule has 1 rings (SSSR count). The molecule has 0 atom stereocenters. The molecule has 1 aliphatic rings. The summed E-state index contributed by atoms with van der Waals surface area (Å²) in [6.07, 6.45) is 5.57. The zero-order chi connectivity index (χ0) is 12.2. The lowest BCUT2D eigenvalue weighted by atomic mass is 9.69. The highest BCUT2D eigenvalue weighted by molar-refractivity contribution is 5.81. The second-order valence-corrected chi connectivity index (χ2v) is 5.41. The van der Waals surface area contributed by atoms with Crippen LogP contribution in [0.15, 0.2) is 12.7 Å². The first kappa shape index (κ1) is 13.2. The van der Waals surface area contributed by atoms with Crippen molar-refractivity contribution in [2.45, 2.75) is 45.1 Å². The van der Waals surface area contributed by atoms with Crippen molar-refractivity contribution < 1.29 is 9.53 Å². The van der Waals surface area contributed by atoms with Crippen molar-refractivity contribution in [1.29, 1.82) is 0 Å². The normalized spacial score (nSPS) is 22.4. The minimum absolute atomic E-state index is 0.134. The number of hydrogen-bond acceptors (Lipinski definition) is 3. The predicted molar refractivity (Wildman–Crippen MR) is 65.2 cm³/mol. The van der Waals surface area contributed by atoms with E-state index in [9.17, 15) is 4.79 Å². The van der Waals surface area contributed by atoms with Gasteiger partial charge in [0.1, 0.15) is 5.54 Å². The van der Waals surface area contributed by atoms with Gasteiger partial charge in [-0.2, -0.15) is 0 Å². The molecule has 0 aromatic rings. The highest BCUT2D eigenvalue weighted by atomic mass is 16.5. The molecule has 92 valence electrons. The Morgan fingerprint density at radius 3 is 2.38 bits per heavy atom. The van der Waals surface area contributed by atoms with Crippen LogP contribution in [0.25, 0.3) is 0 Å². The summed E-state index contributed by atoms with van der Waals surface area (Å²) < 4.78 is 4.92. The second-order valence-electron chi connectivity index (χ2n) is 5.41.